The van der Waals surface area contributed by atoms with Gasteiger partial charge in [0.15, 0.2) is 0 Å². The Morgan fingerprint density at radius 3 is 2.17 bits per heavy atom. The Morgan fingerprint density at radius 2 is 1.50 bits per heavy atom. The molecule has 2 unspecified atom stereocenters. The quantitative estimate of drug-likeness (QED) is 0.359. The first-order valence-electron chi connectivity index (χ1n) is 13.4. The predicted octanol–water partition coefficient (Wildman–Crippen LogP) is 7.39. The molecule has 36 heavy (non-hydrogen) atoms. The number of carbonyl (C=O) groups is 1. The lowest BCUT2D eigenvalue weighted by Gasteiger charge is -2.36. The largest absolute Gasteiger partial charge is 0.321 e. The zero-order valence-corrected chi connectivity index (χ0v) is 21.1. The minimum Gasteiger partial charge on any atom is -0.319 e. The third-order valence-electron chi connectivity index (χ3n) is 9.36. The van der Waals surface area contributed by atoms with Gasteiger partial charge in [-0.1, -0.05) is 79.7 Å². The first-order valence-corrected chi connectivity index (χ1v) is 13.4. The third kappa shape index (κ3) is 4.21. The molecular formula is C32H35FN2O. The normalized spacial score (nSPS) is 29.7. The molecule has 3 aromatic rings. The standard InChI is InChI=1S/C32H35FN2O/c1-31(20-24-8-4-2-5-9-24)23-32(31)18-16-28(17-19-32)34-22-29(26-10-6-3-7-11-26)35(30(34)36)21-25-12-14-27(33)15-13-25/h2-15,28-29H,16-23H2,1H3. The fourth-order valence-corrected chi connectivity index (χ4v) is 7.14. The average molecular weight is 483 g/mol. The number of hydrogen-bond acceptors (Lipinski definition) is 1. The van der Waals surface area contributed by atoms with E-state index in [1.54, 1.807) is 12.1 Å². The summed E-state index contributed by atoms with van der Waals surface area (Å²) in [7, 11) is 0. The molecular weight excluding hydrogens is 447 g/mol. The second-order valence-corrected chi connectivity index (χ2v) is 11.5. The first kappa shape index (κ1) is 23.3. The summed E-state index contributed by atoms with van der Waals surface area (Å²) in [5.74, 6) is -0.247. The van der Waals surface area contributed by atoms with E-state index >= 15 is 0 Å². The van der Waals surface area contributed by atoms with Gasteiger partial charge in [-0.15, -0.1) is 0 Å². The van der Waals surface area contributed by atoms with Gasteiger partial charge < -0.3 is 9.80 Å². The topological polar surface area (TPSA) is 23.6 Å². The molecule has 0 radical (unpaired) electrons. The van der Waals surface area contributed by atoms with E-state index in [-0.39, 0.29) is 17.9 Å². The molecule has 2 aliphatic carbocycles. The Hall–Kier alpha value is -3.14. The number of carbonyl (C=O) groups excluding carboxylic acids is 1. The molecule has 3 aliphatic rings. The molecule has 2 amide bonds. The van der Waals surface area contributed by atoms with Crippen LogP contribution in [-0.2, 0) is 13.0 Å². The molecule has 0 bridgehead atoms. The molecule has 1 spiro atoms. The summed E-state index contributed by atoms with van der Waals surface area (Å²) in [4.78, 5) is 17.9. The summed E-state index contributed by atoms with van der Waals surface area (Å²) in [6.45, 7) is 3.70. The Kier molecular flexibility index (Phi) is 5.86. The molecule has 1 saturated heterocycles. The maximum absolute atomic E-state index is 13.8. The summed E-state index contributed by atoms with van der Waals surface area (Å²) in [5.41, 5.74) is 4.39. The lowest BCUT2D eigenvalue weighted by molar-refractivity contribution is 0.136. The van der Waals surface area contributed by atoms with Crippen molar-refractivity contribution in [1.29, 1.82) is 0 Å². The van der Waals surface area contributed by atoms with Gasteiger partial charge in [-0.2, -0.15) is 0 Å². The van der Waals surface area contributed by atoms with Crippen LogP contribution in [0.15, 0.2) is 84.9 Å². The van der Waals surface area contributed by atoms with Crippen molar-refractivity contribution in [3.05, 3.63) is 107 Å². The van der Waals surface area contributed by atoms with E-state index in [0.29, 0.717) is 23.4 Å². The van der Waals surface area contributed by atoms with Crippen molar-refractivity contribution in [2.45, 2.75) is 64.1 Å². The van der Waals surface area contributed by atoms with Gasteiger partial charge in [0.2, 0.25) is 0 Å². The predicted molar refractivity (Wildman–Crippen MR) is 141 cm³/mol. The van der Waals surface area contributed by atoms with Crippen LogP contribution in [0.25, 0.3) is 0 Å². The number of urea groups is 1. The van der Waals surface area contributed by atoms with Crippen molar-refractivity contribution in [1.82, 2.24) is 9.80 Å². The molecule has 2 saturated carbocycles. The van der Waals surface area contributed by atoms with E-state index in [1.165, 1.54) is 42.5 Å². The molecule has 3 aromatic carbocycles. The van der Waals surface area contributed by atoms with Crippen LogP contribution in [0.2, 0.25) is 0 Å². The van der Waals surface area contributed by atoms with Crippen LogP contribution in [0.5, 0.6) is 0 Å². The molecule has 1 heterocycles. The maximum Gasteiger partial charge on any atom is 0.321 e. The van der Waals surface area contributed by atoms with Gasteiger partial charge in [-0.05, 0) is 78.2 Å². The van der Waals surface area contributed by atoms with Crippen LogP contribution < -0.4 is 0 Å². The van der Waals surface area contributed by atoms with Gasteiger partial charge in [0.1, 0.15) is 5.82 Å². The van der Waals surface area contributed by atoms with Crippen LogP contribution in [0.1, 0.15) is 61.8 Å². The highest BCUT2D eigenvalue weighted by Gasteiger charge is 2.64. The van der Waals surface area contributed by atoms with E-state index < -0.39 is 0 Å². The first-order chi connectivity index (χ1) is 17.5. The van der Waals surface area contributed by atoms with Crippen LogP contribution in [0, 0.1) is 16.6 Å². The van der Waals surface area contributed by atoms with Crippen LogP contribution in [0.3, 0.4) is 0 Å². The van der Waals surface area contributed by atoms with Gasteiger partial charge in [-0.3, -0.25) is 0 Å². The number of halogens is 1. The highest BCUT2D eigenvalue weighted by Crippen LogP contribution is 2.71. The molecule has 4 heteroatoms. The molecule has 3 nitrogen and oxygen atoms in total. The fourth-order valence-electron chi connectivity index (χ4n) is 7.14. The molecule has 0 N–H and O–H groups in total. The Morgan fingerprint density at radius 1 is 0.861 bits per heavy atom. The Bertz CT molecular complexity index is 1200. The second-order valence-electron chi connectivity index (χ2n) is 11.5. The number of benzene rings is 3. The van der Waals surface area contributed by atoms with Crippen molar-refractivity contribution in [2.75, 3.05) is 6.54 Å². The molecule has 2 atom stereocenters. The minimum atomic E-state index is -0.247. The summed E-state index contributed by atoms with van der Waals surface area (Å²) < 4.78 is 13.5. The average Bonchev–Trinajstić information content (AvgIpc) is 3.31. The second kappa shape index (κ2) is 9.06. The van der Waals surface area contributed by atoms with Crippen molar-refractivity contribution in [2.24, 2.45) is 10.8 Å². The number of rotatable bonds is 6. The fraction of sp³-hybridized carbons (Fsp3) is 0.406. The molecule has 186 valence electrons. The number of hydrogen-bond donors (Lipinski definition) is 0. The van der Waals surface area contributed by atoms with Crippen LogP contribution in [0.4, 0.5) is 9.18 Å². The molecule has 0 aromatic heterocycles. The summed E-state index contributed by atoms with van der Waals surface area (Å²) in [6, 6.07) is 28.2. The van der Waals surface area contributed by atoms with Gasteiger partial charge in [0.05, 0.1) is 6.04 Å². The zero-order chi connectivity index (χ0) is 24.8. The van der Waals surface area contributed by atoms with E-state index in [1.807, 2.05) is 23.1 Å². The molecule has 1 aliphatic heterocycles. The number of amides is 2. The van der Waals surface area contributed by atoms with E-state index in [9.17, 15) is 9.18 Å². The third-order valence-corrected chi connectivity index (χ3v) is 9.36. The zero-order valence-electron chi connectivity index (χ0n) is 21.1. The van der Waals surface area contributed by atoms with Crippen LogP contribution >= 0.6 is 0 Å². The van der Waals surface area contributed by atoms with E-state index in [0.717, 1.165) is 31.4 Å². The van der Waals surface area contributed by atoms with E-state index in [4.69, 9.17) is 0 Å². The summed E-state index contributed by atoms with van der Waals surface area (Å²) >= 11 is 0. The molecule has 3 fully saturated rings. The Balaban J connectivity index is 1.16. The van der Waals surface area contributed by atoms with Crippen molar-refractivity contribution < 1.29 is 9.18 Å². The van der Waals surface area contributed by atoms with Crippen molar-refractivity contribution >= 4 is 6.03 Å². The van der Waals surface area contributed by atoms with Crippen LogP contribution in [-0.4, -0.2) is 28.4 Å². The highest BCUT2D eigenvalue weighted by atomic mass is 19.1. The van der Waals surface area contributed by atoms with E-state index in [2.05, 4.69) is 54.3 Å². The monoisotopic (exact) mass is 482 g/mol. The Labute approximate surface area is 213 Å². The molecule has 6 rings (SSSR count). The SMILES string of the molecule is CC1(Cc2ccccc2)CC12CCC(N1CC(c3ccccc3)N(Cc3ccc(F)cc3)C1=O)CC2. The van der Waals surface area contributed by atoms with Crippen molar-refractivity contribution in [3.8, 4) is 0 Å². The highest BCUT2D eigenvalue weighted by molar-refractivity contribution is 5.78. The number of nitrogens with zero attached hydrogens (tertiary/aromatic N) is 2. The van der Waals surface area contributed by atoms with Gasteiger partial charge in [0.25, 0.3) is 0 Å². The van der Waals surface area contributed by atoms with Gasteiger partial charge >= 0.3 is 6.03 Å². The minimum absolute atomic E-state index is 0.0175. The van der Waals surface area contributed by atoms with Gasteiger partial charge in [-0.25, -0.2) is 9.18 Å². The van der Waals surface area contributed by atoms with Gasteiger partial charge in [0, 0.05) is 19.1 Å². The lowest BCUT2D eigenvalue weighted by Crippen LogP contribution is -2.42. The lowest BCUT2D eigenvalue weighted by atomic mass is 9.76. The summed E-state index contributed by atoms with van der Waals surface area (Å²) in [5, 5.41) is 0. The maximum atomic E-state index is 13.8. The van der Waals surface area contributed by atoms with Crippen molar-refractivity contribution in [3.63, 3.8) is 0 Å². The summed E-state index contributed by atoms with van der Waals surface area (Å²) in [6.07, 6.45) is 7.04. The smallest absolute Gasteiger partial charge is 0.319 e.